The van der Waals surface area contributed by atoms with Crippen molar-refractivity contribution in [2.75, 3.05) is 13.1 Å². The number of rotatable bonds is 20. The van der Waals surface area contributed by atoms with Crippen molar-refractivity contribution in [3.63, 3.8) is 0 Å². The minimum absolute atomic E-state index is 0.0543. The van der Waals surface area contributed by atoms with Gasteiger partial charge in [0.25, 0.3) is 0 Å². The van der Waals surface area contributed by atoms with E-state index in [0.717, 1.165) is 62.5 Å². The van der Waals surface area contributed by atoms with E-state index in [1.54, 1.807) is 0 Å². The molecule has 1 aromatic rings. The Morgan fingerprint density at radius 3 is 1.99 bits per heavy atom. The molecule has 74 heavy (non-hydrogen) atoms. The van der Waals surface area contributed by atoms with Crippen LogP contribution in [0.2, 0.25) is 0 Å². The van der Waals surface area contributed by atoms with Crippen LogP contribution < -0.4 is 37.6 Å². The Morgan fingerprint density at radius 1 is 0.730 bits per heavy atom. The quantitative estimate of drug-likeness (QED) is 0.0573. The van der Waals surface area contributed by atoms with Gasteiger partial charge >= 0.3 is 0 Å². The predicted octanol–water partition coefficient (Wildman–Crippen LogP) is -3.17. The summed E-state index contributed by atoms with van der Waals surface area (Å²) in [6.07, 6.45) is -8.53. The molecule has 24 nitrogen and oxygen atoms in total. The number of unbranched alkanes of at least 4 members (excludes halogenated alkanes) is 5. The van der Waals surface area contributed by atoms with Gasteiger partial charge in [0.2, 0.25) is 35.4 Å². The number of hydrogen-bond acceptors (Lipinski definition) is 18. The highest BCUT2D eigenvalue weighted by molar-refractivity contribution is 5.99. The van der Waals surface area contributed by atoms with Gasteiger partial charge in [-0.3, -0.25) is 38.9 Å². The first-order chi connectivity index (χ1) is 35.0. The average Bonchev–Trinajstić information content (AvgIpc) is 3.95. The molecular formula is C50H82N8O16. The van der Waals surface area contributed by atoms with E-state index in [1.165, 1.54) is 18.6 Å². The normalized spacial score (nSPS) is 30.3. The van der Waals surface area contributed by atoms with Gasteiger partial charge in [-0.15, -0.1) is 0 Å². The van der Waals surface area contributed by atoms with Crippen molar-refractivity contribution < 1.29 is 79.5 Å². The summed E-state index contributed by atoms with van der Waals surface area (Å²) in [6.45, 7) is 7.05. The lowest BCUT2D eigenvalue weighted by Crippen LogP contribution is -2.64. The van der Waals surface area contributed by atoms with Gasteiger partial charge < -0.3 is 83.2 Å². The third-order valence-corrected chi connectivity index (χ3v) is 14.3. The summed E-state index contributed by atoms with van der Waals surface area (Å²) >= 11 is 0. The molecule has 3 saturated heterocycles. The van der Waals surface area contributed by atoms with E-state index in [1.807, 2.05) is 0 Å². The Balaban J connectivity index is 1.65. The second-order valence-corrected chi connectivity index (χ2v) is 20.6. The fourth-order valence-electron chi connectivity index (χ4n) is 9.77. The van der Waals surface area contributed by atoms with Gasteiger partial charge in [-0.2, -0.15) is 0 Å². The van der Waals surface area contributed by atoms with Crippen LogP contribution in [-0.2, 0) is 33.6 Å². The van der Waals surface area contributed by atoms with Gasteiger partial charge in [-0.1, -0.05) is 77.8 Å². The zero-order valence-electron chi connectivity index (χ0n) is 42.8. The minimum Gasteiger partial charge on any atom is -0.508 e. The first-order valence-electron chi connectivity index (χ1n) is 26.0. The van der Waals surface area contributed by atoms with Crippen LogP contribution in [0.3, 0.4) is 0 Å². The van der Waals surface area contributed by atoms with E-state index in [-0.39, 0.29) is 30.7 Å². The summed E-state index contributed by atoms with van der Waals surface area (Å²) in [6, 6.07) is -7.87. The Morgan fingerprint density at radius 2 is 1.35 bits per heavy atom. The number of nitrogens with one attached hydrogen (secondary N) is 6. The zero-order chi connectivity index (χ0) is 55.0. The number of phenolic OH excluding ortho intramolecular Hbond substituents is 1. The van der Waals surface area contributed by atoms with Gasteiger partial charge in [0.1, 0.15) is 60.3 Å². The highest BCUT2D eigenvalue weighted by atomic mass is 16.3. The predicted molar refractivity (Wildman–Crippen MR) is 266 cm³/mol. The van der Waals surface area contributed by atoms with E-state index in [2.05, 4.69) is 52.7 Å². The molecule has 3 unspecified atom stereocenters. The molecule has 2 bridgehead atoms. The fraction of sp³-hybridized carbons (Fsp3) is 0.740. The lowest BCUT2D eigenvalue weighted by molar-refractivity contribution is -0.146. The molecule has 3 aliphatic rings. The van der Waals surface area contributed by atoms with Crippen molar-refractivity contribution in [2.24, 2.45) is 17.6 Å². The monoisotopic (exact) mass is 1050 g/mol. The number of hydrogen-bond donors (Lipinski definition) is 16. The van der Waals surface area contributed by atoms with Gasteiger partial charge in [-0.25, -0.2) is 0 Å². The number of aromatic hydroxyl groups is 1. The van der Waals surface area contributed by atoms with Gasteiger partial charge in [0.05, 0.1) is 30.5 Å². The SMILES string of the molecule is CCC(C)CC(C)CCCCCCCCC(=O)N[C@@H]1C[C@@H](O)[C@@H](O)NC(=O)[C@H]2NC(C[C@@H]2O)C(=O)[C@H]([C@H](O)CCN)NC(=O)[C@H]([C@H](O)[C@@H](O)c2ccc(O)cc2)NC(=O)[C@@H]2C[C@@H](O)CN2C(=O)[C@H]([C@@H](C)O)NC1=O. The molecule has 3 aliphatic heterocycles. The zero-order valence-corrected chi connectivity index (χ0v) is 42.8. The number of aliphatic hydroxyl groups excluding tert-OH is 8. The summed E-state index contributed by atoms with van der Waals surface area (Å²) in [5, 5.41) is 113. The Kier molecular flexibility index (Phi) is 24.5. The van der Waals surface area contributed by atoms with Crippen LogP contribution in [0.5, 0.6) is 5.75 Å². The number of nitrogens with zero attached hydrogens (tertiary/aromatic N) is 1. The molecule has 0 aliphatic carbocycles. The molecule has 6 amide bonds. The lowest BCUT2D eigenvalue weighted by atomic mass is 9.91. The molecule has 3 heterocycles. The van der Waals surface area contributed by atoms with Gasteiger partial charge in [0, 0.05) is 25.8 Å². The number of carbonyl (C=O) groups is 7. The van der Waals surface area contributed by atoms with Crippen LogP contribution in [-0.4, -0.2) is 190 Å². The molecule has 0 aromatic heterocycles. The van der Waals surface area contributed by atoms with Crippen LogP contribution in [0, 0.1) is 11.8 Å². The summed E-state index contributed by atoms with van der Waals surface area (Å²) < 4.78 is 0. The second kappa shape index (κ2) is 29.4. The molecule has 3 fully saturated rings. The molecular weight excluding hydrogens is 969 g/mol. The van der Waals surface area contributed by atoms with Crippen molar-refractivity contribution in [2.45, 2.75) is 209 Å². The molecule has 418 valence electrons. The Labute approximate surface area is 431 Å². The number of phenols is 1. The number of aliphatic hydroxyl groups is 8. The maximum Gasteiger partial charge on any atom is 0.248 e. The number of benzene rings is 1. The summed E-state index contributed by atoms with van der Waals surface area (Å²) in [4.78, 5) is 98.9. The van der Waals surface area contributed by atoms with E-state index in [0.29, 0.717) is 24.7 Å². The first kappa shape index (κ1) is 61.7. The highest BCUT2D eigenvalue weighted by Gasteiger charge is 2.48. The Bertz CT molecular complexity index is 2020. The van der Waals surface area contributed by atoms with Gasteiger partial charge in [0.15, 0.2) is 12.0 Å². The maximum absolute atomic E-state index is 14.3. The van der Waals surface area contributed by atoms with Crippen molar-refractivity contribution >= 4 is 41.2 Å². The van der Waals surface area contributed by atoms with Gasteiger partial charge in [-0.05, 0) is 68.7 Å². The number of fused-ring (bicyclic) bond motifs is 3. The van der Waals surface area contributed by atoms with Crippen LogP contribution in [0.4, 0.5) is 0 Å². The van der Waals surface area contributed by atoms with Crippen LogP contribution in [0.25, 0.3) is 0 Å². The highest BCUT2D eigenvalue weighted by Crippen LogP contribution is 2.26. The smallest absolute Gasteiger partial charge is 0.248 e. The largest absolute Gasteiger partial charge is 0.508 e. The molecule has 0 saturated carbocycles. The van der Waals surface area contributed by atoms with Crippen molar-refractivity contribution in [3.05, 3.63) is 29.8 Å². The van der Waals surface area contributed by atoms with Crippen LogP contribution in [0.15, 0.2) is 24.3 Å². The molecule has 17 N–H and O–H groups in total. The third-order valence-electron chi connectivity index (χ3n) is 14.3. The number of amides is 6. The van der Waals surface area contributed by atoms with Crippen molar-refractivity contribution in [1.82, 2.24) is 36.8 Å². The first-order valence-corrected chi connectivity index (χ1v) is 26.0. The van der Waals surface area contributed by atoms with E-state index in [4.69, 9.17) is 5.73 Å². The standard InChI is InChI=1S/C50H82N8O16/c1-5-25(2)20-26(3)12-10-8-6-7-9-11-13-37(65)52-32-23-36(64)47(71)57-48(72)40-35(63)22-31(53-40)43(67)39(34(62)18-19-51)55-49(73)41(44(68)42(66)28-14-16-29(60)17-15-28)56-46(70)33-21-30(61)24-58(33)50(74)38(27(4)59)54-45(32)69/h14-17,25-27,30-36,38-42,44,47,53,59-64,66,68,71H,5-13,18-24,51H2,1-4H3,(H,52,65)(H,54,69)(H,55,73)(H,56,70)(H,57,72)/t25?,26?,27-,30-,31?,32-,33+,34-,35+,36-,38+,39+,40+,41+,42+,44+,47-/m1/s1. The molecule has 0 radical (unpaired) electrons. The third kappa shape index (κ3) is 17.6. The summed E-state index contributed by atoms with van der Waals surface area (Å²) in [5.74, 6) is -6.58. The van der Waals surface area contributed by atoms with Crippen LogP contribution >= 0.6 is 0 Å². The number of ketones is 1. The minimum atomic E-state index is -2.27. The summed E-state index contributed by atoms with van der Waals surface area (Å²) in [5.41, 5.74) is 5.62. The topological polar surface area (TPSA) is 403 Å². The van der Waals surface area contributed by atoms with Crippen molar-refractivity contribution in [3.8, 4) is 5.75 Å². The molecule has 24 heteroatoms. The number of carbonyl (C=O) groups excluding carboxylic acids is 7. The maximum atomic E-state index is 14.3. The molecule has 4 rings (SSSR count). The number of Topliss-reactive ketones (excluding diaryl/α,β-unsaturated/α-hetero) is 1. The van der Waals surface area contributed by atoms with Crippen molar-refractivity contribution in [1.29, 1.82) is 0 Å². The van der Waals surface area contributed by atoms with Crippen LogP contribution in [0.1, 0.15) is 129 Å². The van der Waals surface area contributed by atoms with E-state index >= 15 is 0 Å². The average molecular weight is 1050 g/mol. The Hall–Kier alpha value is -4.89. The second-order valence-electron chi connectivity index (χ2n) is 20.6. The van der Waals surface area contributed by atoms with E-state index in [9.17, 15) is 79.5 Å². The van der Waals surface area contributed by atoms with E-state index < -0.39 is 158 Å². The molecule has 0 spiro atoms. The molecule has 1 aromatic carbocycles. The summed E-state index contributed by atoms with van der Waals surface area (Å²) in [7, 11) is 0. The number of nitrogens with two attached hydrogens (primary N) is 1. The molecule has 17 atom stereocenters. The fourth-order valence-corrected chi connectivity index (χ4v) is 9.77. The lowest BCUT2D eigenvalue weighted by Gasteiger charge is -2.34.